The van der Waals surface area contributed by atoms with Crippen molar-refractivity contribution in [1.29, 1.82) is 0 Å². The van der Waals surface area contributed by atoms with Gasteiger partial charge >= 0.3 is 19.2 Å². The Kier molecular flexibility index (Phi) is 9.53. The Labute approximate surface area is 222 Å². The number of benzene rings is 3. The van der Waals surface area contributed by atoms with Crippen molar-refractivity contribution in [2.75, 3.05) is 6.79 Å². The van der Waals surface area contributed by atoms with Gasteiger partial charge in [0.2, 0.25) is 6.79 Å². The maximum Gasteiger partial charge on any atom is 0.404 e. The fourth-order valence-electron chi connectivity index (χ4n) is 3.57. The van der Waals surface area contributed by atoms with Crippen molar-refractivity contribution < 1.29 is 37.1 Å². The van der Waals surface area contributed by atoms with E-state index in [0.717, 1.165) is 11.6 Å². The highest BCUT2D eigenvalue weighted by molar-refractivity contribution is 9.10. The summed E-state index contributed by atoms with van der Waals surface area (Å²) in [7, 11) is -5.57. The number of hydrogen-bond donors (Lipinski definition) is 1. The molecule has 10 heteroatoms. The van der Waals surface area contributed by atoms with Gasteiger partial charge in [0.25, 0.3) is 0 Å². The van der Waals surface area contributed by atoms with Crippen LogP contribution >= 0.6 is 23.5 Å². The number of carbonyl (C=O) groups excluding carboxylic acids is 2. The fourth-order valence-corrected chi connectivity index (χ4v) is 5.26. The maximum absolute atomic E-state index is 15.0. The van der Waals surface area contributed by atoms with Crippen LogP contribution < -0.4 is 0 Å². The molecule has 0 bridgehead atoms. The summed E-state index contributed by atoms with van der Waals surface area (Å²) in [6.45, 7) is 1.95. The van der Waals surface area contributed by atoms with Gasteiger partial charge in [0.15, 0.2) is 5.78 Å². The van der Waals surface area contributed by atoms with E-state index in [9.17, 15) is 19.0 Å². The lowest BCUT2D eigenvalue weighted by Gasteiger charge is -2.24. The minimum atomic E-state index is -5.57. The second-order valence-corrected chi connectivity index (χ2v) is 11.4. The molecular formula is C27H26BrF2O6P. The summed E-state index contributed by atoms with van der Waals surface area (Å²) in [6.07, 6.45) is 0.209. The largest absolute Gasteiger partial charge is 0.438 e. The predicted octanol–water partition coefficient (Wildman–Crippen LogP) is 7.07. The molecule has 3 rings (SSSR count). The summed E-state index contributed by atoms with van der Waals surface area (Å²) in [4.78, 5) is 34.8. The van der Waals surface area contributed by atoms with Crippen molar-refractivity contribution >= 4 is 35.3 Å². The van der Waals surface area contributed by atoms with Gasteiger partial charge < -0.3 is 9.63 Å². The van der Waals surface area contributed by atoms with Gasteiger partial charge in [0, 0.05) is 15.6 Å². The van der Waals surface area contributed by atoms with Crippen LogP contribution in [0.4, 0.5) is 8.78 Å². The van der Waals surface area contributed by atoms with E-state index in [-0.39, 0.29) is 16.7 Å². The second kappa shape index (κ2) is 12.2. The minimum absolute atomic E-state index is 0.124. The van der Waals surface area contributed by atoms with Gasteiger partial charge in [-0.25, -0.2) is 0 Å². The van der Waals surface area contributed by atoms with Gasteiger partial charge in [0.1, 0.15) is 0 Å². The van der Waals surface area contributed by atoms with E-state index in [2.05, 4.69) is 25.2 Å². The van der Waals surface area contributed by atoms with Gasteiger partial charge in [-0.1, -0.05) is 103 Å². The Balaban J connectivity index is 1.84. The summed E-state index contributed by atoms with van der Waals surface area (Å²) in [5, 5.41) is 0. The van der Waals surface area contributed by atoms with Crippen molar-refractivity contribution in [3.05, 3.63) is 106 Å². The number of alkyl halides is 2. The summed E-state index contributed by atoms with van der Waals surface area (Å²) in [5.41, 5.74) is -3.22. The van der Waals surface area contributed by atoms with Gasteiger partial charge in [-0.15, -0.1) is 0 Å². The molecule has 0 aromatic heterocycles. The van der Waals surface area contributed by atoms with Crippen LogP contribution in [0.15, 0.2) is 83.3 Å². The van der Waals surface area contributed by atoms with Crippen molar-refractivity contribution in [2.24, 2.45) is 5.92 Å². The number of ketones is 1. The highest BCUT2D eigenvalue weighted by Crippen LogP contribution is 2.64. The molecule has 3 aromatic rings. The van der Waals surface area contributed by atoms with Gasteiger partial charge in [-0.05, 0) is 23.6 Å². The zero-order valence-corrected chi connectivity index (χ0v) is 22.6. The molecule has 2 unspecified atom stereocenters. The number of hydrogen-bond acceptors (Lipinski definition) is 5. The Morgan fingerprint density at radius 3 is 2.16 bits per heavy atom. The zero-order chi connectivity index (χ0) is 27.2. The van der Waals surface area contributed by atoms with E-state index in [1.807, 2.05) is 36.4 Å². The molecule has 1 N–H and O–H groups in total. The molecule has 0 heterocycles. The first-order valence-corrected chi connectivity index (χ1v) is 13.8. The molecule has 0 spiro atoms. The summed E-state index contributed by atoms with van der Waals surface area (Å²) in [5.74, 6) is -2.02. The molecule has 6 nitrogen and oxygen atoms in total. The van der Waals surface area contributed by atoms with Gasteiger partial charge in [0.05, 0.1) is 11.8 Å². The molecule has 2 atom stereocenters. The van der Waals surface area contributed by atoms with E-state index >= 15 is 8.78 Å². The second-order valence-electron chi connectivity index (χ2n) is 8.64. The smallest absolute Gasteiger partial charge is 0.404 e. The Morgan fingerprint density at radius 2 is 1.59 bits per heavy atom. The number of Topliss-reactive ketones (excluding diaryl/α,β-unsaturated/α-hetero) is 1. The third kappa shape index (κ3) is 6.99. The van der Waals surface area contributed by atoms with Crippen molar-refractivity contribution in [2.45, 2.75) is 31.8 Å². The molecule has 37 heavy (non-hydrogen) atoms. The number of esters is 1. The van der Waals surface area contributed by atoms with Crippen molar-refractivity contribution in [3.63, 3.8) is 0 Å². The fraction of sp³-hybridized carbons (Fsp3) is 0.259. The molecule has 0 radical (unpaired) electrons. The predicted molar refractivity (Wildman–Crippen MR) is 138 cm³/mol. The van der Waals surface area contributed by atoms with Crippen molar-refractivity contribution in [1.82, 2.24) is 0 Å². The number of rotatable bonds is 11. The maximum atomic E-state index is 15.0. The first-order valence-electron chi connectivity index (χ1n) is 11.4. The average Bonchev–Trinajstić information content (AvgIpc) is 2.87. The monoisotopic (exact) mass is 594 g/mol. The lowest BCUT2D eigenvalue weighted by atomic mass is 9.85. The first kappa shape index (κ1) is 28.9. The molecule has 0 aliphatic rings. The summed E-state index contributed by atoms with van der Waals surface area (Å²) in [6, 6.07) is 21.7. The average molecular weight is 595 g/mol. The molecule has 3 aromatic carbocycles. The van der Waals surface area contributed by atoms with Crippen LogP contribution in [0.3, 0.4) is 0 Å². The Hall–Kier alpha value is -2.71. The van der Waals surface area contributed by atoms with E-state index in [1.165, 1.54) is 26.0 Å². The van der Waals surface area contributed by atoms with Crippen LogP contribution in [0.5, 0.6) is 0 Å². The molecule has 0 fully saturated rings. The van der Waals surface area contributed by atoms with Crippen LogP contribution in [0, 0.1) is 5.92 Å². The number of carbonyl (C=O) groups is 2. The molecular weight excluding hydrogens is 569 g/mol. The van der Waals surface area contributed by atoms with Crippen LogP contribution in [0.2, 0.25) is 0 Å². The van der Waals surface area contributed by atoms with E-state index in [1.54, 1.807) is 24.3 Å². The number of halogens is 3. The topological polar surface area (TPSA) is 89.9 Å². The van der Waals surface area contributed by atoms with E-state index in [0.29, 0.717) is 11.1 Å². The highest BCUT2D eigenvalue weighted by atomic mass is 79.9. The normalized spacial score (nSPS) is 14.1. The quantitative estimate of drug-likeness (QED) is 0.110. The molecule has 0 saturated carbocycles. The van der Waals surface area contributed by atoms with Crippen LogP contribution in [-0.2, 0) is 30.7 Å². The lowest BCUT2D eigenvalue weighted by molar-refractivity contribution is -0.154. The molecule has 196 valence electrons. The Morgan fingerprint density at radius 1 is 1.00 bits per heavy atom. The third-order valence-corrected chi connectivity index (χ3v) is 7.69. The van der Waals surface area contributed by atoms with Crippen molar-refractivity contribution in [3.8, 4) is 0 Å². The summed E-state index contributed by atoms with van der Waals surface area (Å²) < 4.78 is 51.3. The first-order chi connectivity index (χ1) is 17.4. The lowest BCUT2D eigenvalue weighted by Crippen LogP contribution is -2.20. The minimum Gasteiger partial charge on any atom is -0.438 e. The molecule has 0 amide bonds. The summed E-state index contributed by atoms with van der Waals surface area (Å²) >= 11 is 3.08. The zero-order valence-electron chi connectivity index (χ0n) is 20.1. The van der Waals surface area contributed by atoms with E-state index in [4.69, 9.17) is 0 Å². The van der Waals surface area contributed by atoms with Gasteiger partial charge in [-0.2, -0.15) is 8.78 Å². The van der Waals surface area contributed by atoms with Crippen LogP contribution in [0.1, 0.15) is 46.8 Å². The Bertz CT molecular complexity index is 1280. The van der Waals surface area contributed by atoms with Crippen LogP contribution in [-0.4, -0.2) is 23.4 Å². The van der Waals surface area contributed by atoms with E-state index < -0.39 is 43.4 Å². The standard InChI is InChI=1S/C27H26BrF2O6P/c1-18(2)26(32)35-17-36-37(33,34)27(29,30)23-14-13-19(16-24(23)28)15-22(20-9-5-3-6-10-20)25(31)21-11-7-4-8-12-21/h3-14,16,18,22H,15,17H2,1-2H3,(H,33,34). The highest BCUT2D eigenvalue weighted by Gasteiger charge is 2.54. The third-order valence-electron chi connectivity index (χ3n) is 5.63. The van der Waals surface area contributed by atoms with Crippen LogP contribution in [0.25, 0.3) is 0 Å². The molecule has 0 aliphatic heterocycles. The molecule has 0 aliphatic carbocycles. The SMILES string of the molecule is CC(C)C(=O)OCOP(=O)(O)C(F)(F)c1ccc(CC(C(=O)c2ccccc2)c2ccccc2)cc1Br. The number of ether oxygens (including phenoxy) is 1. The van der Waals surface area contributed by atoms with Gasteiger partial charge in [-0.3, -0.25) is 18.7 Å². The molecule has 0 saturated heterocycles.